The Morgan fingerprint density at radius 2 is 2.07 bits per heavy atom. The predicted molar refractivity (Wildman–Crippen MR) is 112 cm³/mol. The van der Waals surface area contributed by atoms with Gasteiger partial charge < -0.3 is 14.5 Å². The van der Waals surface area contributed by atoms with E-state index in [4.69, 9.17) is 4.74 Å². The average Bonchev–Trinajstić information content (AvgIpc) is 3.23. The highest BCUT2D eigenvalue weighted by atomic mass is 32.1. The van der Waals surface area contributed by atoms with Gasteiger partial charge in [-0.25, -0.2) is 0 Å². The summed E-state index contributed by atoms with van der Waals surface area (Å²) in [6, 6.07) is 12.6. The molecule has 1 aromatic heterocycles. The molecular weight excluding hydrogens is 372 g/mol. The SMILES string of the molecule is COCC(=O)N1CCCC(Cc2cccc(-c3cccs3)c2)(C(=O)N(C)C)C1. The summed E-state index contributed by atoms with van der Waals surface area (Å²) in [6.07, 6.45) is 2.23. The molecular formula is C22H28N2O3S. The number of hydrogen-bond donors (Lipinski definition) is 0. The Hall–Kier alpha value is -2.18. The van der Waals surface area contributed by atoms with Gasteiger partial charge in [-0.15, -0.1) is 11.3 Å². The number of amides is 2. The van der Waals surface area contributed by atoms with E-state index < -0.39 is 5.41 Å². The zero-order valence-corrected chi connectivity index (χ0v) is 17.6. The Morgan fingerprint density at radius 3 is 2.75 bits per heavy atom. The first kappa shape index (κ1) is 20.6. The predicted octanol–water partition coefficient (Wildman–Crippen LogP) is 3.30. The van der Waals surface area contributed by atoms with Crippen molar-refractivity contribution in [1.82, 2.24) is 9.80 Å². The second kappa shape index (κ2) is 8.88. The molecule has 150 valence electrons. The number of likely N-dealkylation sites (tertiary alicyclic amines) is 1. The molecule has 2 aromatic rings. The fourth-order valence-electron chi connectivity index (χ4n) is 4.10. The largest absolute Gasteiger partial charge is 0.375 e. The number of methoxy groups -OCH3 is 1. The van der Waals surface area contributed by atoms with Crippen LogP contribution in [0.1, 0.15) is 18.4 Å². The molecule has 1 aliphatic rings. The Kier molecular flexibility index (Phi) is 6.52. The zero-order chi connectivity index (χ0) is 20.1. The van der Waals surface area contributed by atoms with E-state index in [-0.39, 0.29) is 18.4 Å². The zero-order valence-electron chi connectivity index (χ0n) is 16.8. The van der Waals surface area contributed by atoms with Crippen LogP contribution in [0.4, 0.5) is 0 Å². The van der Waals surface area contributed by atoms with E-state index in [1.165, 1.54) is 17.6 Å². The Bertz CT molecular complexity index is 819. The first-order valence-corrected chi connectivity index (χ1v) is 10.4. The molecule has 0 saturated carbocycles. The first-order chi connectivity index (χ1) is 13.4. The average molecular weight is 401 g/mol. The topological polar surface area (TPSA) is 49.9 Å². The van der Waals surface area contributed by atoms with Crippen molar-refractivity contribution in [1.29, 1.82) is 0 Å². The highest BCUT2D eigenvalue weighted by molar-refractivity contribution is 7.13. The minimum Gasteiger partial charge on any atom is -0.375 e. The van der Waals surface area contributed by atoms with Crippen molar-refractivity contribution in [3.05, 3.63) is 47.3 Å². The van der Waals surface area contributed by atoms with E-state index in [1.54, 1.807) is 35.2 Å². The van der Waals surface area contributed by atoms with Crippen molar-refractivity contribution < 1.29 is 14.3 Å². The fourth-order valence-corrected chi connectivity index (χ4v) is 4.82. The summed E-state index contributed by atoms with van der Waals surface area (Å²) in [5.41, 5.74) is 1.70. The van der Waals surface area contributed by atoms with Crippen LogP contribution in [0.3, 0.4) is 0 Å². The quantitative estimate of drug-likeness (QED) is 0.748. The van der Waals surface area contributed by atoms with E-state index in [9.17, 15) is 9.59 Å². The lowest BCUT2D eigenvalue weighted by Crippen LogP contribution is -2.54. The van der Waals surface area contributed by atoms with E-state index in [0.717, 1.165) is 18.4 Å². The smallest absolute Gasteiger partial charge is 0.248 e. The van der Waals surface area contributed by atoms with Gasteiger partial charge in [-0.3, -0.25) is 9.59 Å². The van der Waals surface area contributed by atoms with Crippen molar-refractivity contribution >= 4 is 23.2 Å². The van der Waals surface area contributed by atoms with E-state index in [1.807, 2.05) is 6.07 Å². The molecule has 2 amide bonds. The molecule has 6 heteroatoms. The van der Waals surface area contributed by atoms with Crippen LogP contribution < -0.4 is 0 Å². The highest BCUT2D eigenvalue weighted by Crippen LogP contribution is 2.36. The van der Waals surface area contributed by atoms with Crippen LogP contribution in [-0.4, -0.2) is 62.5 Å². The number of thiophene rings is 1. The standard InChI is InChI=1S/C22H28N2O3S/c1-23(2)21(26)22(10-6-11-24(16-22)20(25)15-27-3)14-17-7-4-8-18(13-17)19-9-5-12-28-19/h4-5,7-9,12-13H,6,10-11,14-16H2,1-3H3. The molecule has 1 atom stereocenters. The fraction of sp³-hybridized carbons (Fsp3) is 0.455. The third-order valence-electron chi connectivity index (χ3n) is 5.33. The minimum absolute atomic E-state index is 0.0505. The second-order valence-corrected chi connectivity index (χ2v) is 8.63. The van der Waals surface area contributed by atoms with Crippen molar-refractivity contribution in [2.24, 2.45) is 5.41 Å². The van der Waals surface area contributed by atoms with Crippen molar-refractivity contribution in [2.75, 3.05) is 40.9 Å². The summed E-state index contributed by atoms with van der Waals surface area (Å²) in [5.74, 6) is 0.0365. The normalized spacial score (nSPS) is 19.5. The molecule has 0 aliphatic carbocycles. The van der Waals surface area contributed by atoms with Crippen LogP contribution in [0.15, 0.2) is 41.8 Å². The van der Waals surface area contributed by atoms with E-state index in [0.29, 0.717) is 19.5 Å². The second-order valence-electron chi connectivity index (χ2n) is 7.69. The van der Waals surface area contributed by atoms with Gasteiger partial charge in [0.15, 0.2) is 0 Å². The van der Waals surface area contributed by atoms with Crippen LogP contribution in [0.5, 0.6) is 0 Å². The summed E-state index contributed by atoms with van der Waals surface area (Å²) >= 11 is 1.71. The summed E-state index contributed by atoms with van der Waals surface area (Å²) < 4.78 is 5.02. The number of nitrogens with zero attached hydrogens (tertiary/aromatic N) is 2. The molecule has 1 aliphatic heterocycles. The van der Waals surface area contributed by atoms with Gasteiger partial charge in [0.2, 0.25) is 11.8 Å². The maximum atomic E-state index is 13.2. The molecule has 1 saturated heterocycles. The molecule has 0 radical (unpaired) electrons. The van der Waals surface area contributed by atoms with Crippen LogP contribution in [0.2, 0.25) is 0 Å². The molecule has 28 heavy (non-hydrogen) atoms. The van der Waals surface area contributed by atoms with Crippen molar-refractivity contribution in [3.8, 4) is 10.4 Å². The van der Waals surface area contributed by atoms with Gasteiger partial charge in [-0.2, -0.15) is 0 Å². The van der Waals surface area contributed by atoms with Crippen LogP contribution >= 0.6 is 11.3 Å². The monoisotopic (exact) mass is 400 g/mol. The van der Waals surface area contributed by atoms with Gasteiger partial charge >= 0.3 is 0 Å². The number of hydrogen-bond acceptors (Lipinski definition) is 4. The lowest BCUT2D eigenvalue weighted by Gasteiger charge is -2.43. The number of piperidine rings is 1. The third-order valence-corrected chi connectivity index (χ3v) is 6.25. The summed E-state index contributed by atoms with van der Waals surface area (Å²) in [4.78, 5) is 30.3. The van der Waals surface area contributed by atoms with Gasteiger partial charge in [-0.05, 0) is 41.8 Å². The van der Waals surface area contributed by atoms with Crippen LogP contribution in [0.25, 0.3) is 10.4 Å². The Morgan fingerprint density at radius 1 is 1.25 bits per heavy atom. The number of ether oxygens (including phenoxy) is 1. The molecule has 1 aromatic carbocycles. The van der Waals surface area contributed by atoms with Gasteiger partial charge in [0.25, 0.3) is 0 Å². The maximum Gasteiger partial charge on any atom is 0.248 e. The van der Waals surface area contributed by atoms with Gasteiger partial charge in [0, 0.05) is 39.2 Å². The van der Waals surface area contributed by atoms with Crippen molar-refractivity contribution in [3.63, 3.8) is 0 Å². The third kappa shape index (κ3) is 4.45. The molecule has 0 spiro atoms. The van der Waals surface area contributed by atoms with Crippen LogP contribution in [0, 0.1) is 5.41 Å². The highest BCUT2D eigenvalue weighted by Gasteiger charge is 2.44. The van der Waals surface area contributed by atoms with E-state index >= 15 is 0 Å². The summed E-state index contributed by atoms with van der Waals surface area (Å²) in [7, 11) is 5.11. The lowest BCUT2D eigenvalue weighted by atomic mass is 9.73. The molecule has 0 N–H and O–H groups in total. The number of carbonyl (C=O) groups excluding carboxylic acids is 2. The first-order valence-electron chi connectivity index (χ1n) is 9.56. The molecule has 1 fully saturated rings. The lowest BCUT2D eigenvalue weighted by molar-refractivity contribution is -0.148. The Labute approximate surface area is 170 Å². The minimum atomic E-state index is -0.598. The number of rotatable bonds is 6. The Balaban J connectivity index is 1.89. The van der Waals surface area contributed by atoms with E-state index in [2.05, 4.69) is 35.7 Å². The van der Waals surface area contributed by atoms with Crippen LogP contribution in [-0.2, 0) is 20.7 Å². The molecule has 2 heterocycles. The molecule has 1 unspecified atom stereocenters. The van der Waals surface area contributed by atoms with Gasteiger partial charge in [-0.1, -0.05) is 30.3 Å². The number of benzene rings is 1. The summed E-state index contributed by atoms with van der Waals surface area (Å²) in [5, 5.41) is 2.07. The van der Waals surface area contributed by atoms with Gasteiger partial charge in [0.1, 0.15) is 6.61 Å². The molecule has 5 nitrogen and oxygen atoms in total. The number of carbonyl (C=O) groups is 2. The molecule has 0 bridgehead atoms. The van der Waals surface area contributed by atoms with Crippen molar-refractivity contribution in [2.45, 2.75) is 19.3 Å². The van der Waals surface area contributed by atoms with Gasteiger partial charge in [0.05, 0.1) is 5.41 Å². The maximum absolute atomic E-state index is 13.2. The summed E-state index contributed by atoms with van der Waals surface area (Å²) in [6.45, 7) is 1.18. The molecule has 3 rings (SSSR count).